The molecule has 1 amide bonds. The quantitative estimate of drug-likeness (QED) is 0.601. The monoisotopic (exact) mass is 302 g/mol. The third-order valence-corrected chi connectivity index (χ3v) is 4.15. The zero-order chi connectivity index (χ0) is 15.3. The number of aryl methyl sites for hydroxylation is 1. The van der Waals surface area contributed by atoms with E-state index in [2.05, 4.69) is 15.4 Å². The van der Waals surface area contributed by atoms with E-state index in [4.69, 9.17) is 0 Å². The zero-order valence-electron chi connectivity index (χ0n) is 12.2. The van der Waals surface area contributed by atoms with Crippen LogP contribution < -0.4 is 15.4 Å². The van der Waals surface area contributed by atoms with Crippen LogP contribution in [0.5, 0.6) is 0 Å². The van der Waals surface area contributed by atoms with Crippen LogP contribution in [0.1, 0.15) is 24.3 Å². The first-order chi connectivity index (χ1) is 9.27. The number of nitrogens with zero attached hydrogens (tertiary/aromatic N) is 1. The second kappa shape index (κ2) is 6.87. The molecule has 0 atom stereocenters. The van der Waals surface area contributed by atoms with E-state index in [1.807, 2.05) is 13.8 Å². The lowest BCUT2D eigenvalue weighted by atomic mass is 10.4. The Morgan fingerprint density at radius 3 is 2.55 bits per heavy atom. The summed E-state index contributed by atoms with van der Waals surface area (Å²) >= 11 is 0. The number of carbonyl (C=O) groups excluding carboxylic acids is 1. The molecule has 0 radical (unpaired) electrons. The van der Waals surface area contributed by atoms with Gasteiger partial charge in [-0.1, -0.05) is 13.8 Å². The number of aromatic nitrogens is 1. The van der Waals surface area contributed by atoms with Crippen molar-refractivity contribution in [2.24, 2.45) is 7.05 Å². The predicted molar refractivity (Wildman–Crippen MR) is 77.1 cm³/mol. The van der Waals surface area contributed by atoms with Gasteiger partial charge in [0.15, 0.2) is 0 Å². The highest BCUT2D eigenvalue weighted by Gasteiger charge is 2.19. The van der Waals surface area contributed by atoms with E-state index in [1.54, 1.807) is 7.05 Å². The lowest BCUT2D eigenvalue weighted by Crippen LogP contribution is -2.34. The van der Waals surface area contributed by atoms with Gasteiger partial charge >= 0.3 is 0 Å². The van der Waals surface area contributed by atoms with E-state index < -0.39 is 10.0 Å². The highest BCUT2D eigenvalue weighted by Crippen LogP contribution is 2.13. The molecular weight excluding hydrogens is 280 g/mol. The minimum Gasteiger partial charge on any atom is -0.354 e. The van der Waals surface area contributed by atoms with E-state index in [-0.39, 0.29) is 10.8 Å². The molecule has 0 bridgehead atoms. The van der Waals surface area contributed by atoms with Crippen molar-refractivity contribution in [2.45, 2.75) is 24.8 Å². The van der Waals surface area contributed by atoms with Crippen molar-refractivity contribution in [1.82, 2.24) is 19.9 Å². The maximum Gasteiger partial charge on any atom is 0.267 e. The van der Waals surface area contributed by atoms with Crippen molar-refractivity contribution in [3.05, 3.63) is 18.0 Å². The van der Waals surface area contributed by atoms with Crippen molar-refractivity contribution in [3.8, 4) is 0 Å². The Morgan fingerprint density at radius 1 is 1.35 bits per heavy atom. The second-order valence-corrected chi connectivity index (χ2v) is 6.52. The fourth-order valence-corrected chi connectivity index (χ4v) is 2.77. The van der Waals surface area contributed by atoms with Gasteiger partial charge in [0.05, 0.1) is 0 Å². The molecule has 114 valence electrons. The molecule has 1 heterocycles. The van der Waals surface area contributed by atoms with Crippen LogP contribution in [0.25, 0.3) is 0 Å². The molecule has 0 fully saturated rings. The summed E-state index contributed by atoms with van der Waals surface area (Å²) < 4.78 is 28.1. The molecule has 3 N–H and O–H groups in total. The first-order valence-electron chi connectivity index (χ1n) is 6.39. The first-order valence-corrected chi connectivity index (χ1v) is 7.87. The van der Waals surface area contributed by atoms with Gasteiger partial charge in [0.1, 0.15) is 10.6 Å². The Morgan fingerprint density at radius 2 is 2.00 bits per heavy atom. The molecule has 7 nitrogen and oxygen atoms in total. The second-order valence-electron chi connectivity index (χ2n) is 4.76. The molecule has 1 rings (SSSR count). The molecule has 0 aliphatic rings. The average molecular weight is 302 g/mol. The minimum absolute atomic E-state index is 0.0862. The van der Waals surface area contributed by atoms with Gasteiger partial charge < -0.3 is 15.2 Å². The van der Waals surface area contributed by atoms with Crippen LogP contribution in [-0.2, 0) is 17.1 Å². The van der Waals surface area contributed by atoms with E-state index in [1.165, 1.54) is 23.9 Å². The predicted octanol–water partition coefficient (Wildman–Crippen LogP) is -0.339. The van der Waals surface area contributed by atoms with Gasteiger partial charge in [0.25, 0.3) is 5.91 Å². The van der Waals surface area contributed by atoms with E-state index in [0.717, 1.165) is 0 Å². The molecule has 0 aliphatic carbocycles. The van der Waals surface area contributed by atoms with Crippen LogP contribution in [0.2, 0.25) is 0 Å². The number of rotatable bonds is 7. The molecule has 8 heteroatoms. The van der Waals surface area contributed by atoms with E-state index >= 15 is 0 Å². The number of sulfonamides is 1. The number of nitrogens with one attached hydrogen (secondary N) is 3. The largest absolute Gasteiger partial charge is 0.354 e. The Balaban J connectivity index is 2.75. The van der Waals surface area contributed by atoms with Crippen LogP contribution in [0.15, 0.2) is 17.2 Å². The van der Waals surface area contributed by atoms with Gasteiger partial charge in [-0.05, 0) is 6.07 Å². The van der Waals surface area contributed by atoms with Gasteiger partial charge in [0.2, 0.25) is 10.0 Å². The molecule has 0 aliphatic heterocycles. The number of amides is 1. The van der Waals surface area contributed by atoms with E-state index in [9.17, 15) is 13.2 Å². The summed E-state index contributed by atoms with van der Waals surface area (Å²) in [6, 6.07) is 1.66. The molecule has 0 unspecified atom stereocenters. The number of hydrogen-bond donors (Lipinski definition) is 3. The van der Waals surface area contributed by atoms with Crippen molar-refractivity contribution in [1.29, 1.82) is 0 Å². The van der Waals surface area contributed by atoms with Gasteiger partial charge in [-0.3, -0.25) is 4.79 Å². The SMILES string of the molecule is CNC(=O)c1cc(S(=O)(=O)NCCNC(C)C)cn1C. The van der Waals surface area contributed by atoms with Crippen molar-refractivity contribution in [3.63, 3.8) is 0 Å². The third kappa shape index (κ3) is 4.32. The average Bonchev–Trinajstić information content (AvgIpc) is 2.76. The molecule has 0 saturated carbocycles. The van der Waals surface area contributed by atoms with Crippen LogP contribution in [0, 0.1) is 0 Å². The lowest BCUT2D eigenvalue weighted by molar-refractivity contribution is 0.0955. The highest BCUT2D eigenvalue weighted by molar-refractivity contribution is 7.89. The molecule has 1 aromatic heterocycles. The summed E-state index contributed by atoms with van der Waals surface area (Å²) in [6.07, 6.45) is 1.42. The van der Waals surface area contributed by atoms with Crippen LogP contribution in [-0.4, -0.2) is 45.1 Å². The van der Waals surface area contributed by atoms with Gasteiger partial charge in [-0.15, -0.1) is 0 Å². The summed E-state index contributed by atoms with van der Waals surface area (Å²) in [7, 11) is -0.464. The normalized spacial score (nSPS) is 11.8. The fraction of sp³-hybridized carbons (Fsp3) is 0.583. The Labute approximate surface area is 119 Å². The highest BCUT2D eigenvalue weighted by atomic mass is 32.2. The van der Waals surface area contributed by atoms with E-state index in [0.29, 0.717) is 24.8 Å². The Hall–Kier alpha value is -1.38. The third-order valence-electron chi connectivity index (χ3n) is 2.72. The van der Waals surface area contributed by atoms with Crippen LogP contribution in [0.4, 0.5) is 0 Å². The molecular formula is C12H22N4O3S. The van der Waals surface area contributed by atoms with Crippen molar-refractivity contribution < 1.29 is 13.2 Å². The molecule has 0 spiro atoms. The van der Waals surface area contributed by atoms with Crippen LogP contribution >= 0.6 is 0 Å². The molecule has 1 aromatic rings. The van der Waals surface area contributed by atoms with Crippen LogP contribution in [0.3, 0.4) is 0 Å². The minimum atomic E-state index is -3.59. The van der Waals surface area contributed by atoms with Crippen molar-refractivity contribution >= 4 is 15.9 Å². The summed E-state index contributed by atoms with van der Waals surface area (Å²) in [6.45, 7) is 4.82. The fourth-order valence-electron chi connectivity index (χ4n) is 1.66. The molecule has 0 saturated heterocycles. The van der Waals surface area contributed by atoms with Crippen molar-refractivity contribution in [2.75, 3.05) is 20.1 Å². The Kier molecular flexibility index (Phi) is 5.73. The molecule has 0 aromatic carbocycles. The summed E-state index contributed by atoms with van der Waals surface area (Å²) in [4.78, 5) is 11.6. The summed E-state index contributed by atoms with van der Waals surface area (Å²) in [5.74, 6) is -0.324. The molecule has 20 heavy (non-hydrogen) atoms. The topological polar surface area (TPSA) is 92.2 Å². The maximum absolute atomic E-state index is 12.1. The summed E-state index contributed by atoms with van der Waals surface area (Å²) in [5.41, 5.74) is 0.299. The first kappa shape index (κ1) is 16.7. The Bertz CT molecular complexity index is 563. The van der Waals surface area contributed by atoms with Gasteiger partial charge in [-0.2, -0.15) is 0 Å². The smallest absolute Gasteiger partial charge is 0.267 e. The van der Waals surface area contributed by atoms with Gasteiger partial charge in [0, 0.05) is 39.4 Å². The summed E-state index contributed by atoms with van der Waals surface area (Å²) in [5, 5.41) is 5.58. The standard InChI is InChI=1S/C12H22N4O3S/c1-9(2)14-5-6-15-20(18,19)10-7-11(12(17)13-3)16(4)8-10/h7-9,14-15H,5-6H2,1-4H3,(H,13,17). The lowest BCUT2D eigenvalue weighted by Gasteiger charge is -2.08. The maximum atomic E-state index is 12.1. The zero-order valence-corrected chi connectivity index (χ0v) is 13.0. The number of carbonyl (C=O) groups is 1. The number of hydrogen-bond acceptors (Lipinski definition) is 4. The van der Waals surface area contributed by atoms with Gasteiger partial charge in [-0.25, -0.2) is 13.1 Å².